The summed E-state index contributed by atoms with van der Waals surface area (Å²) in [4.78, 5) is 26.3. The number of hydrogen-bond acceptors (Lipinski definition) is 5. The molecule has 0 spiro atoms. The molecule has 4 aromatic heterocycles. The molecule has 0 atom stereocenters. The van der Waals surface area contributed by atoms with Crippen LogP contribution in [0.15, 0.2) is 35.5 Å². The quantitative estimate of drug-likeness (QED) is 0.372. The minimum atomic E-state index is -0.0336. The molecule has 0 aromatic carbocycles. The van der Waals surface area contributed by atoms with Gasteiger partial charge in [-0.25, -0.2) is 14.8 Å². The van der Waals surface area contributed by atoms with Crippen LogP contribution in [0.5, 0.6) is 0 Å². The number of rotatable bonds is 7. The minimum Gasteiger partial charge on any atom is -0.396 e. The van der Waals surface area contributed by atoms with Gasteiger partial charge in [-0.15, -0.1) is 0 Å². The van der Waals surface area contributed by atoms with Crippen LogP contribution in [0.2, 0.25) is 5.15 Å². The lowest BCUT2D eigenvalue weighted by molar-refractivity contribution is 0.281. The number of aliphatic hydroxyl groups is 1. The van der Waals surface area contributed by atoms with Gasteiger partial charge in [0, 0.05) is 31.6 Å². The molecule has 4 aromatic rings. The molecule has 1 aliphatic carbocycles. The standard InChI is InChI=1S/C20H21ClN6O2/c21-19-18-15(6-8-23-19)25(9-1-2-10-28)17(24-18)12-26-16-11-22-7-5-14(16)27(20(26)29)13-3-4-13/h5-8,11,13,28H,1-4,9-10,12H2. The van der Waals surface area contributed by atoms with E-state index in [-0.39, 0.29) is 18.3 Å². The number of halogens is 1. The van der Waals surface area contributed by atoms with Crippen molar-refractivity contribution in [3.05, 3.63) is 52.2 Å². The molecule has 5 rings (SSSR count). The van der Waals surface area contributed by atoms with Crippen molar-refractivity contribution < 1.29 is 5.11 Å². The van der Waals surface area contributed by atoms with Gasteiger partial charge in [-0.1, -0.05) is 11.6 Å². The van der Waals surface area contributed by atoms with Crippen molar-refractivity contribution in [3.63, 3.8) is 0 Å². The van der Waals surface area contributed by atoms with Crippen molar-refractivity contribution in [3.8, 4) is 0 Å². The molecule has 0 amide bonds. The maximum Gasteiger partial charge on any atom is 0.329 e. The lowest BCUT2D eigenvalue weighted by atomic mass is 10.3. The van der Waals surface area contributed by atoms with E-state index in [0.717, 1.165) is 41.6 Å². The number of pyridine rings is 2. The first-order chi connectivity index (χ1) is 14.2. The van der Waals surface area contributed by atoms with Gasteiger partial charge in [-0.2, -0.15) is 0 Å². The molecular formula is C20H21ClN6O2. The summed E-state index contributed by atoms with van der Waals surface area (Å²) >= 11 is 6.28. The third kappa shape index (κ3) is 3.12. The van der Waals surface area contributed by atoms with E-state index in [4.69, 9.17) is 21.7 Å². The highest BCUT2D eigenvalue weighted by Gasteiger charge is 2.29. The molecular weight excluding hydrogens is 392 g/mol. The Bertz CT molecular complexity index is 1250. The summed E-state index contributed by atoms with van der Waals surface area (Å²) in [5, 5.41) is 9.51. The topological polar surface area (TPSA) is 90.8 Å². The van der Waals surface area contributed by atoms with Crippen molar-refractivity contribution in [2.45, 2.75) is 44.8 Å². The molecule has 1 N–H and O–H groups in total. The van der Waals surface area contributed by atoms with E-state index in [1.807, 2.05) is 16.7 Å². The SMILES string of the molecule is O=c1n(Cc2nc3c(Cl)nccc3n2CCCCO)c2cnccc2n1C1CC1. The molecule has 150 valence electrons. The Kier molecular flexibility index (Phi) is 4.60. The van der Waals surface area contributed by atoms with E-state index in [1.54, 1.807) is 23.2 Å². The van der Waals surface area contributed by atoms with E-state index in [9.17, 15) is 4.79 Å². The molecule has 8 nitrogen and oxygen atoms in total. The molecule has 1 saturated carbocycles. The molecule has 0 bridgehead atoms. The van der Waals surface area contributed by atoms with Crippen LogP contribution in [0.1, 0.15) is 37.5 Å². The lowest BCUT2D eigenvalue weighted by Gasteiger charge is -2.09. The first-order valence-electron chi connectivity index (χ1n) is 9.84. The maximum atomic E-state index is 13.2. The summed E-state index contributed by atoms with van der Waals surface area (Å²) in [5.74, 6) is 0.744. The van der Waals surface area contributed by atoms with Crippen LogP contribution in [-0.4, -0.2) is 40.4 Å². The molecule has 9 heteroatoms. The number of hydrogen-bond donors (Lipinski definition) is 1. The van der Waals surface area contributed by atoms with E-state index in [2.05, 4.69) is 14.5 Å². The second kappa shape index (κ2) is 7.27. The molecule has 1 aliphatic rings. The number of aromatic nitrogens is 6. The average molecular weight is 413 g/mol. The van der Waals surface area contributed by atoms with Gasteiger partial charge in [0.05, 0.1) is 29.3 Å². The number of unbranched alkanes of at least 4 members (excludes halogenated alkanes) is 1. The number of aryl methyl sites for hydroxylation is 1. The lowest BCUT2D eigenvalue weighted by Crippen LogP contribution is -2.25. The Balaban J connectivity index is 1.64. The predicted molar refractivity (Wildman–Crippen MR) is 110 cm³/mol. The van der Waals surface area contributed by atoms with Crippen LogP contribution in [0, 0.1) is 0 Å². The second-order valence-corrected chi connectivity index (χ2v) is 7.77. The van der Waals surface area contributed by atoms with Gasteiger partial charge in [0.15, 0.2) is 5.15 Å². The minimum absolute atomic E-state index is 0.0336. The van der Waals surface area contributed by atoms with Gasteiger partial charge in [-0.3, -0.25) is 14.1 Å². The van der Waals surface area contributed by atoms with E-state index in [0.29, 0.717) is 30.2 Å². The summed E-state index contributed by atoms with van der Waals surface area (Å²) in [6.45, 7) is 1.15. The number of nitrogens with zero attached hydrogens (tertiary/aromatic N) is 6. The van der Waals surface area contributed by atoms with E-state index >= 15 is 0 Å². The van der Waals surface area contributed by atoms with Gasteiger partial charge in [0.2, 0.25) is 0 Å². The molecule has 0 saturated heterocycles. The van der Waals surface area contributed by atoms with Crippen molar-refractivity contribution in [1.82, 2.24) is 28.7 Å². The zero-order chi connectivity index (χ0) is 20.0. The van der Waals surface area contributed by atoms with Crippen LogP contribution < -0.4 is 5.69 Å². The predicted octanol–water partition coefficient (Wildman–Crippen LogP) is 2.75. The fourth-order valence-corrected chi connectivity index (χ4v) is 4.12. The van der Waals surface area contributed by atoms with Gasteiger partial charge < -0.3 is 9.67 Å². The summed E-state index contributed by atoms with van der Waals surface area (Å²) in [6, 6.07) is 4.06. The number of fused-ring (bicyclic) bond motifs is 2. The zero-order valence-electron chi connectivity index (χ0n) is 15.8. The van der Waals surface area contributed by atoms with Crippen LogP contribution in [0.3, 0.4) is 0 Å². The van der Waals surface area contributed by atoms with Gasteiger partial charge in [0.1, 0.15) is 11.3 Å². The van der Waals surface area contributed by atoms with Crippen LogP contribution in [0.4, 0.5) is 0 Å². The average Bonchev–Trinajstić information content (AvgIpc) is 3.44. The van der Waals surface area contributed by atoms with Crippen LogP contribution in [-0.2, 0) is 13.1 Å². The van der Waals surface area contributed by atoms with Crippen LogP contribution >= 0.6 is 11.6 Å². The molecule has 29 heavy (non-hydrogen) atoms. The largest absolute Gasteiger partial charge is 0.396 e. The van der Waals surface area contributed by atoms with Crippen LogP contribution in [0.25, 0.3) is 22.1 Å². The first kappa shape index (κ1) is 18.3. The molecule has 0 unspecified atom stereocenters. The van der Waals surface area contributed by atoms with Crippen molar-refractivity contribution in [2.24, 2.45) is 0 Å². The summed E-state index contributed by atoms with van der Waals surface area (Å²) in [7, 11) is 0. The summed E-state index contributed by atoms with van der Waals surface area (Å²) < 4.78 is 5.69. The van der Waals surface area contributed by atoms with Gasteiger partial charge in [-0.05, 0) is 37.8 Å². The normalized spacial score (nSPS) is 14.3. The summed E-state index contributed by atoms with van der Waals surface area (Å²) in [6.07, 6.45) is 8.68. The fourth-order valence-electron chi connectivity index (χ4n) is 3.93. The van der Waals surface area contributed by atoms with Gasteiger partial charge >= 0.3 is 5.69 Å². The van der Waals surface area contributed by atoms with E-state index in [1.165, 1.54) is 0 Å². The smallest absolute Gasteiger partial charge is 0.329 e. The number of aliphatic hydroxyl groups excluding tert-OH is 1. The zero-order valence-corrected chi connectivity index (χ0v) is 16.6. The maximum absolute atomic E-state index is 13.2. The summed E-state index contributed by atoms with van der Waals surface area (Å²) in [5.41, 5.74) is 3.20. The van der Waals surface area contributed by atoms with Gasteiger partial charge in [0.25, 0.3) is 0 Å². The van der Waals surface area contributed by atoms with Crippen molar-refractivity contribution >= 4 is 33.7 Å². The Hall–Kier alpha value is -2.71. The first-order valence-corrected chi connectivity index (χ1v) is 10.2. The molecule has 0 radical (unpaired) electrons. The van der Waals surface area contributed by atoms with Crippen molar-refractivity contribution in [1.29, 1.82) is 0 Å². The second-order valence-electron chi connectivity index (χ2n) is 7.41. The molecule has 4 heterocycles. The molecule has 1 fully saturated rings. The Morgan fingerprint density at radius 1 is 1.10 bits per heavy atom. The third-order valence-electron chi connectivity index (χ3n) is 5.47. The fraction of sp³-hybridized carbons (Fsp3) is 0.400. The third-order valence-corrected chi connectivity index (χ3v) is 5.74. The highest BCUT2D eigenvalue weighted by atomic mass is 35.5. The van der Waals surface area contributed by atoms with E-state index < -0.39 is 0 Å². The highest BCUT2D eigenvalue weighted by Crippen LogP contribution is 2.36. The molecule has 0 aliphatic heterocycles. The Labute approximate surface area is 171 Å². The Morgan fingerprint density at radius 2 is 1.93 bits per heavy atom. The van der Waals surface area contributed by atoms with Crippen molar-refractivity contribution in [2.75, 3.05) is 6.61 Å². The monoisotopic (exact) mass is 412 g/mol. The Morgan fingerprint density at radius 3 is 2.72 bits per heavy atom. The number of imidazole rings is 2. The highest BCUT2D eigenvalue weighted by molar-refractivity contribution is 6.33.